The molecule has 1 aromatic carbocycles. The summed E-state index contributed by atoms with van der Waals surface area (Å²) in [6, 6.07) is 8.22. The number of aryl methyl sites for hydroxylation is 1. The second-order valence-corrected chi connectivity index (χ2v) is 4.65. The summed E-state index contributed by atoms with van der Waals surface area (Å²) in [6.45, 7) is 3.96. The first-order chi connectivity index (χ1) is 7.10. The van der Waals surface area contributed by atoms with Gasteiger partial charge in [0.05, 0.1) is 13.1 Å². The van der Waals surface area contributed by atoms with E-state index in [9.17, 15) is 5.11 Å². The highest BCUT2D eigenvalue weighted by Gasteiger charge is 2.33. The Labute approximate surface area is 91.5 Å². The largest absolute Gasteiger partial charge is 0.468 e. The molecule has 0 unspecified atom stereocenters. The van der Waals surface area contributed by atoms with Gasteiger partial charge >= 0.3 is 0 Å². The van der Waals surface area contributed by atoms with E-state index in [-0.39, 0.29) is 0 Å². The molecule has 82 valence electrons. The van der Waals surface area contributed by atoms with E-state index in [1.807, 2.05) is 12.1 Å². The summed E-state index contributed by atoms with van der Waals surface area (Å²) in [6.07, 6.45) is 1.63. The fourth-order valence-corrected chi connectivity index (χ4v) is 2.17. The van der Waals surface area contributed by atoms with Crippen LogP contribution in [0, 0.1) is 14.0 Å². The average molecular weight is 205 g/mol. The van der Waals surface area contributed by atoms with Crippen molar-refractivity contribution in [3.63, 3.8) is 0 Å². The van der Waals surface area contributed by atoms with E-state index >= 15 is 0 Å². The molecule has 0 aliphatic carbocycles. The van der Waals surface area contributed by atoms with Gasteiger partial charge in [-0.25, -0.2) is 0 Å². The zero-order valence-electron chi connectivity index (χ0n) is 9.29. The molecule has 2 heteroatoms. The number of piperidine rings is 1. The van der Waals surface area contributed by atoms with Crippen molar-refractivity contribution in [2.45, 2.75) is 25.4 Å². The van der Waals surface area contributed by atoms with Crippen molar-refractivity contribution in [1.29, 1.82) is 0 Å². The molecule has 1 fully saturated rings. The smallest absolute Gasteiger partial charge is 0.100 e. The van der Waals surface area contributed by atoms with E-state index in [4.69, 9.17) is 0 Å². The minimum absolute atomic E-state index is 0.616. The van der Waals surface area contributed by atoms with Crippen LogP contribution in [-0.4, -0.2) is 18.2 Å². The van der Waals surface area contributed by atoms with Gasteiger partial charge in [-0.2, -0.15) is 7.05 Å². The summed E-state index contributed by atoms with van der Waals surface area (Å²) >= 11 is 0. The molecule has 0 amide bonds. The Hall–Kier alpha value is -0.860. The average Bonchev–Trinajstić information content (AvgIpc) is 2.24. The molecule has 1 aromatic rings. The second kappa shape index (κ2) is 3.95. The summed E-state index contributed by atoms with van der Waals surface area (Å²) in [5.74, 6) is 0. The molecular formula is C13H19NO. The highest BCUT2D eigenvalue weighted by Crippen LogP contribution is 2.29. The Bertz CT molecular complexity index is 323. The van der Waals surface area contributed by atoms with Crippen LogP contribution < -0.4 is 4.90 Å². The number of likely N-dealkylation sites (tertiary alicyclic amines) is 1. The predicted octanol–water partition coefficient (Wildman–Crippen LogP) is 0.653. The molecule has 2 nitrogen and oxygen atoms in total. The number of hydrogen-bond donors (Lipinski definition) is 2. The SMILES string of the molecule is [CH2-][NH+]1CCC(O)(c2ccc(C)cc2)CC1. The first kappa shape index (κ1) is 10.7. The van der Waals surface area contributed by atoms with E-state index < -0.39 is 5.60 Å². The van der Waals surface area contributed by atoms with Gasteiger partial charge in [0.2, 0.25) is 0 Å². The van der Waals surface area contributed by atoms with Crippen molar-refractivity contribution < 1.29 is 10.0 Å². The standard InChI is InChI=1S/C13H19NO/c1-11-3-5-12(6-4-11)13(15)7-9-14(2)10-8-13/h3-6,14-15H,2,7-10H2,1H3. The minimum Gasteiger partial charge on any atom is -0.468 e. The van der Waals surface area contributed by atoms with Crippen molar-refractivity contribution in [3.05, 3.63) is 42.4 Å². The van der Waals surface area contributed by atoms with Crippen LogP contribution in [0.25, 0.3) is 0 Å². The molecule has 0 saturated carbocycles. The highest BCUT2D eigenvalue weighted by atomic mass is 16.3. The lowest BCUT2D eigenvalue weighted by Gasteiger charge is -2.37. The zero-order chi connectivity index (χ0) is 10.9. The van der Waals surface area contributed by atoms with Crippen molar-refractivity contribution >= 4 is 0 Å². The summed E-state index contributed by atoms with van der Waals surface area (Å²) in [4.78, 5) is 1.27. The van der Waals surface area contributed by atoms with Crippen LogP contribution in [0.3, 0.4) is 0 Å². The minimum atomic E-state index is -0.616. The van der Waals surface area contributed by atoms with Gasteiger partial charge in [-0.3, -0.25) is 0 Å². The van der Waals surface area contributed by atoms with E-state index in [0.717, 1.165) is 31.5 Å². The normalized spacial score (nSPS) is 31.5. The monoisotopic (exact) mass is 205 g/mol. The lowest BCUT2D eigenvalue weighted by Crippen LogP contribution is -3.08. The van der Waals surface area contributed by atoms with Crippen LogP contribution in [-0.2, 0) is 5.60 Å². The first-order valence-electron chi connectivity index (χ1n) is 5.56. The number of aliphatic hydroxyl groups is 1. The lowest BCUT2D eigenvalue weighted by molar-refractivity contribution is -0.862. The zero-order valence-corrected chi connectivity index (χ0v) is 9.29. The number of rotatable bonds is 1. The maximum absolute atomic E-state index is 10.5. The van der Waals surface area contributed by atoms with Crippen molar-refractivity contribution in [3.8, 4) is 0 Å². The third-order valence-corrected chi connectivity index (χ3v) is 3.37. The topological polar surface area (TPSA) is 24.7 Å². The van der Waals surface area contributed by atoms with E-state index in [2.05, 4.69) is 26.1 Å². The third-order valence-electron chi connectivity index (χ3n) is 3.37. The summed E-state index contributed by atoms with van der Waals surface area (Å²) in [5, 5.41) is 10.5. The Kier molecular flexibility index (Phi) is 2.81. The lowest BCUT2D eigenvalue weighted by atomic mass is 9.84. The van der Waals surface area contributed by atoms with Gasteiger partial charge in [-0.1, -0.05) is 29.8 Å². The maximum atomic E-state index is 10.5. The highest BCUT2D eigenvalue weighted by molar-refractivity contribution is 5.26. The molecular weight excluding hydrogens is 186 g/mol. The van der Waals surface area contributed by atoms with E-state index in [1.165, 1.54) is 10.5 Å². The Morgan fingerprint density at radius 2 is 1.73 bits per heavy atom. The molecule has 2 N–H and O–H groups in total. The van der Waals surface area contributed by atoms with Crippen molar-refractivity contribution in [1.82, 2.24) is 0 Å². The fourth-order valence-electron chi connectivity index (χ4n) is 2.17. The Morgan fingerprint density at radius 3 is 2.27 bits per heavy atom. The Morgan fingerprint density at radius 1 is 1.20 bits per heavy atom. The van der Waals surface area contributed by atoms with Gasteiger partial charge in [-0.05, 0) is 12.5 Å². The number of nitrogens with one attached hydrogen (secondary N) is 1. The molecule has 1 aliphatic heterocycles. The quantitative estimate of drug-likeness (QED) is 0.647. The van der Waals surface area contributed by atoms with Crippen LogP contribution >= 0.6 is 0 Å². The van der Waals surface area contributed by atoms with Crippen LogP contribution in [0.1, 0.15) is 24.0 Å². The molecule has 2 rings (SSSR count). The van der Waals surface area contributed by atoms with E-state index in [1.54, 1.807) is 0 Å². The third kappa shape index (κ3) is 2.21. The van der Waals surface area contributed by atoms with Gasteiger partial charge in [-0.15, -0.1) is 0 Å². The molecule has 15 heavy (non-hydrogen) atoms. The van der Waals surface area contributed by atoms with Crippen molar-refractivity contribution in [2.75, 3.05) is 13.1 Å². The van der Waals surface area contributed by atoms with Crippen LogP contribution in [0.5, 0.6) is 0 Å². The molecule has 1 saturated heterocycles. The summed E-state index contributed by atoms with van der Waals surface area (Å²) < 4.78 is 0. The number of quaternary nitrogens is 1. The summed E-state index contributed by atoms with van der Waals surface area (Å²) in [7, 11) is 3.98. The molecule has 0 atom stereocenters. The number of benzene rings is 1. The molecule has 0 spiro atoms. The Balaban J connectivity index is 2.18. The van der Waals surface area contributed by atoms with Gasteiger partial charge in [0, 0.05) is 12.8 Å². The van der Waals surface area contributed by atoms with Gasteiger partial charge in [0.25, 0.3) is 0 Å². The van der Waals surface area contributed by atoms with Gasteiger partial charge in [0.1, 0.15) is 5.60 Å². The maximum Gasteiger partial charge on any atom is 0.100 e. The number of hydrogen-bond acceptors (Lipinski definition) is 1. The predicted molar refractivity (Wildman–Crippen MR) is 60.4 cm³/mol. The summed E-state index contributed by atoms with van der Waals surface area (Å²) in [5.41, 5.74) is 1.68. The van der Waals surface area contributed by atoms with Crippen molar-refractivity contribution in [2.24, 2.45) is 0 Å². The van der Waals surface area contributed by atoms with Gasteiger partial charge < -0.3 is 10.0 Å². The van der Waals surface area contributed by atoms with Crippen LogP contribution in [0.4, 0.5) is 0 Å². The van der Waals surface area contributed by atoms with Crippen LogP contribution in [0.2, 0.25) is 0 Å². The van der Waals surface area contributed by atoms with Gasteiger partial charge in [0.15, 0.2) is 0 Å². The fraction of sp³-hybridized carbons (Fsp3) is 0.462. The molecule has 1 aliphatic rings. The molecule has 0 radical (unpaired) electrons. The molecule has 0 bridgehead atoms. The first-order valence-corrected chi connectivity index (χ1v) is 5.56. The second-order valence-electron chi connectivity index (χ2n) is 4.65. The van der Waals surface area contributed by atoms with E-state index in [0.29, 0.717) is 0 Å². The molecule has 0 aromatic heterocycles. The van der Waals surface area contributed by atoms with Crippen LogP contribution in [0.15, 0.2) is 24.3 Å². The molecule has 1 heterocycles.